The fourth-order valence-corrected chi connectivity index (χ4v) is 5.46. The lowest BCUT2D eigenvalue weighted by Gasteiger charge is -2.20. The van der Waals surface area contributed by atoms with Crippen molar-refractivity contribution in [2.45, 2.75) is 11.4 Å². The maximum absolute atomic E-state index is 13.0. The van der Waals surface area contributed by atoms with Crippen molar-refractivity contribution in [3.05, 3.63) is 52.2 Å². The zero-order chi connectivity index (χ0) is 16.4. The van der Waals surface area contributed by atoms with Crippen LogP contribution >= 0.6 is 34.7 Å². The topological polar surface area (TPSA) is 63.2 Å². The Morgan fingerprint density at radius 2 is 2.09 bits per heavy atom. The highest BCUT2D eigenvalue weighted by Gasteiger charge is 2.27. The average molecular weight is 386 g/mol. The highest BCUT2D eigenvalue weighted by atomic mass is 35.5. The van der Waals surface area contributed by atoms with E-state index in [4.69, 9.17) is 11.6 Å². The van der Waals surface area contributed by atoms with Crippen LogP contribution in [-0.2, 0) is 16.6 Å². The molecule has 0 saturated carbocycles. The molecule has 0 saturated heterocycles. The normalized spacial score (nSPS) is 12.1. The minimum Gasteiger partial charge on any atom is -0.207 e. The number of nitrogens with zero attached hydrogens (tertiary/aromatic N) is 3. The van der Waals surface area contributed by atoms with E-state index >= 15 is 0 Å². The van der Waals surface area contributed by atoms with Crippen molar-refractivity contribution < 1.29 is 8.42 Å². The third-order valence-electron chi connectivity index (χ3n) is 3.16. The smallest absolute Gasteiger partial charge is 0.207 e. The summed E-state index contributed by atoms with van der Waals surface area (Å²) in [7, 11) is -3.72. The van der Waals surface area contributed by atoms with Crippen LogP contribution in [0.2, 0.25) is 4.34 Å². The molecule has 0 N–H and O–H groups in total. The first-order chi connectivity index (χ1) is 11.0. The van der Waals surface area contributed by atoms with E-state index in [2.05, 4.69) is 15.3 Å². The number of fused-ring (bicyclic) bond motifs is 1. The molecule has 0 aliphatic carbocycles. The first-order valence-electron chi connectivity index (χ1n) is 6.59. The monoisotopic (exact) mass is 385 g/mol. The van der Waals surface area contributed by atoms with Crippen LogP contribution in [-0.4, -0.2) is 28.0 Å². The second kappa shape index (κ2) is 6.66. The van der Waals surface area contributed by atoms with Crippen molar-refractivity contribution >= 4 is 55.7 Å². The van der Waals surface area contributed by atoms with Gasteiger partial charge in [0.15, 0.2) is 0 Å². The molecule has 3 rings (SSSR count). The van der Waals surface area contributed by atoms with Gasteiger partial charge in [0.05, 0.1) is 16.1 Å². The van der Waals surface area contributed by atoms with E-state index in [9.17, 15) is 8.42 Å². The maximum Gasteiger partial charge on any atom is 0.245 e. The lowest BCUT2D eigenvalue weighted by Crippen LogP contribution is -2.30. The van der Waals surface area contributed by atoms with Gasteiger partial charge < -0.3 is 0 Å². The molecular weight excluding hydrogens is 374 g/mol. The van der Waals surface area contributed by atoms with Gasteiger partial charge in [-0.25, -0.2) is 8.42 Å². The Morgan fingerprint density at radius 3 is 2.78 bits per heavy atom. The van der Waals surface area contributed by atoms with Crippen LogP contribution in [0.5, 0.6) is 0 Å². The molecule has 2 aromatic heterocycles. The van der Waals surface area contributed by atoms with Crippen molar-refractivity contribution in [1.82, 2.24) is 13.1 Å². The molecule has 9 heteroatoms. The molecule has 0 unspecified atom stereocenters. The van der Waals surface area contributed by atoms with Crippen molar-refractivity contribution in [2.24, 2.45) is 0 Å². The Hall–Kier alpha value is -1.32. The van der Waals surface area contributed by atoms with Gasteiger partial charge >= 0.3 is 0 Å². The zero-order valence-electron chi connectivity index (χ0n) is 11.8. The van der Waals surface area contributed by atoms with Gasteiger partial charge in [0.25, 0.3) is 0 Å². The Balaban J connectivity index is 2.03. The van der Waals surface area contributed by atoms with E-state index in [0.29, 0.717) is 15.4 Å². The van der Waals surface area contributed by atoms with E-state index in [0.717, 1.165) is 16.6 Å². The number of thiophene rings is 1. The van der Waals surface area contributed by atoms with Gasteiger partial charge in [0.2, 0.25) is 10.0 Å². The first kappa shape index (κ1) is 16.5. The van der Waals surface area contributed by atoms with Gasteiger partial charge in [-0.3, -0.25) is 0 Å². The first-order valence-corrected chi connectivity index (χ1v) is 9.95. The molecular formula is C14H12ClN3O2S3. The van der Waals surface area contributed by atoms with E-state index in [1.807, 2.05) is 6.07 Å². The Kier molecular flexibility index (Phi) is 4.79. The molecule has 1 aromatic carbocycles. The van der Waals surface area contributed by atoms with Crippen LogP contribution in [0.1, 0.15) is 4.88 Å². The molecule has 0 atom stereocenters. The van der Waals surface area contributed by atoms with Crippen molar-refractivity contribution in [1.29, 1.82) is 0 Å². The molecule has 120 valence electrons. The predicted octanol–water partition coefficient (Wildman–Crippen LogP) is 3.78. The van der Waals surface area contributed by atoms with Gasteiger partial charge in [-0.15, -0.1) is 17.9 Å². The molecule has 2 heterocycles. The van der Waals surface area contributed by atoms with Gasteiger partial charge in [-0.1, -0.05) is 23.7 Å². The van der Waals surface area contributed by atoms with Crippen molar-refractivity contribution in [3.63, 3.8) is 0 Å². The molecule has 3 aromatic rings. The molecule has 0 fully saturated rings. The summed E-state index contributed by atoms with van der Waals surface area (Å²) < 4.78 is 36.3. The van der Waals surface area contributed by atoms with E-state index in [1.54, 1.807) is 30.3 Å². The van der Waals surface area contributed by atoms with Crippen LogP contribution in [0.25, 0.3) is 11.0 Å². The van der Waals surface area contributed by atoms with Crippen LogP contribution in [0.3, 0.4) is 0 Å². The lowest BCUT2D eigenvalue weighted by atomic mass is 10.3. The fraction of sp³-hybridized carbons (Fsp3) is 0.143. The van der Waals surface area contributed by atoms with Crippen LogP contribution < -0.4 is 0 Å². The summed E-state index contributed by atoms with van der Waals surface area (Å²) in [6, 6.07) is 8.55. The van der Waals surface area contributed by atoms with Crippen molar-refractivity contribution in [2.75, 3.05) is 6.54 Å². The number of rotatable bonds is 6. The highest BCUT2D eigenvalue weighted by Crippen LogP contribution is 2.28. The summed E-state index contributed by atoms with van der Waals surface area (Å²) in [6.07, 6.45) is 1.56. The summed E-state index contributed by atoms with van der Waals surface area (Å²) in [4.78, 5) is 1.03. The molecule has 23 heavy (non-hydrogen) atoms. The second-order valence-electron chi connectivity index (χ2n) is 4.68. The van der Waals surface area contributed by atoms with Crippen LogP contribution in [0.4, 0.5) is 0 Å². The molecule has 0 aliphatic rings. The molecule has 5 nitrogen and oxygen atoms in total. The zero-order valence-corrected chi connectivity index (χ0v) is 15.1. The third kappa shape index (κ3) is 3.31. The minimum absolute atomic E-state index is 0.160. The number of benzene rings is 1. The Bertz CT molecular complexity index is 949. The minimum atomic E-state index is -3.72. The van der Waals surface area contributed by atoms with Gasteiger partial charge in [0.1, 0.15) is 15.9 Å². The van der Waals surface area contributed by atoms with Crippen LogP contribution in [0.15, 0.2) is 47.9 Å². The third-order valence-corrected chi connectivity index (χ3v) is 6.76. The average Bonchev–Trinajstić information content (AvgIpc) is 3.15. The summed E-state index contributed by atoms with van der Waals surface area (Å²) >= 11 is 8.28. The molecule has 0 aliphatic heterocycles. The molecule has 0 amide bonds. The van der Waals surface area contributed by atoms with E-state index in [1.165, 1.54) is 15.6 Å². The maximum atomic E-state index is 13.0. The molecule has 0 spiro atoms. The summed E-state index contributed by atoms with van der Waals surface area (Å²) in [5, 5.41) is 0. The highest BCUT2D eigenvalue weighted by molar-refractivity contribution is 7.89. The number of sulfonamides is 1. The molecule has 0 radical (unpaired) electrons. The summed E-state index contributed by atoms with van der Waals surface area (Å²) in [5.74, 6) is 0. The quantitative estimate of drug-likeness (QED) is 0.605. The summed E-state index contributed by atoms with van der Waals surface area (Å²) in [5.41, 5.74) is 0.976. The number of aromatic nitrogens is 2. The Morgan fingerprint density at radius 1 is 1.26 bits per heavy atom. The standard InChI is InChI=1S/C14H12ClN3O2S3/c1-2-8-18(9-10-6-7-13(15)21-10)23(19,20)12-5-3-4-11-14(12)17-22-16-11/h2-7H,1,8-9H2. The van der Waals surface area contributed by atoms with E-state index < -0.39 is 10.0 Å². The largest absolute Gasteiger partial charge is 0.245 e. The van der Waals surface area contributed by atoms with E-state index in [-0.39, 0.29) is 18.0 Å². The summed E-state index contributed by atoms with van der Waals surface area (Å²) in [6.45, 7) is 4.09. The number of halogens is 1. The second-order valence-corrected chi connectivity index (χ2v) is 8.91. The van der Waals surface area contributed by atoms with Crippen LogP contribution in [0, 0.1) is 0 Å². The predicted molar refractivity (Wildman–Crippen MR) is 94.5 cm³/mol. The van der Waals surface area contributed by atoms with Crippen molar-refractivity contribution in [3.8, 4) is 0 Å². The van der Waals surface area contributed by atoms with Gasteiger partial charge in [-0.2, -0.15) is 13.1 Å². The fourth-order valence-electron chi connectivity index (χ4n) is 2.13. The van der Waals surface area contributed by atoms with Gasteiger partial charge in [-0.05, 0) is 24.3 Å². The Labute approximate surface area is 147 Å². The molecule has 0 bridgehead atoms. The lowest BCUT2D eigenvalue weighted by molar-refractivity contribution is 0.442. The number of hydrogen-bond acceptors (Lipinski definition) is 6. The van der Waals surface area contributed by atoms with Gasteiger partial charge in [0, 0.05) is 18.0 Å². The SMILES string of the molecule is C=CCN(Cc1ccc(Cl)s1)S(=O)(=O)c1cccc2nsnc12. The number of hydrogen-bond donors (Lipinski definition) is 0.